The van der Waals surface area contributed by atoms with Crippen LogP contribution in [0, 0.1) is 22.5 Å². The molecule has 1 N–H and O–H groups in total. The number of fused-ring (bicyclic) bond motifs is 3. The van der Waals surface area contributed by atoms with Crippen LogP contribution in [0.3, 0.4) is 0 Å². The number of hydrogen-bond acceptors (Lipinski definition) is 2. The highest BCUT2D eigenvalue weighted by atomic mass is 35.5. The van der Waals surface area contributed by atoms with E-state index in [0.29, 0.717) is 5.02 Å². The Morgan fingerprint density at radius 3 is 3.05 bits per heavy atom. The topological polar surface area (TPSA) is 33.6 Å². The average Bonchev–Trinajstić information content (AvgIpc) is 3.05. The lowest BCUT2D eigenvalue weighted by molar-refractivity contribution is 0.297. The number of halogens is 1. The van der Waals surface area contributed by atoms with Crippen molar-refractivity contribution in [1.29, 1.82) is 0 Å². The summed E-state index contributed by atoms with van der Waals surface area (Å²) in [5, 5.41) is 0.649. The quantitative estimate of drug-likeness (QED) is 0.843. The number of pyridine rings is 1. The molecule has 2 bridgehead atoms. The summed E-state index contributed by atoms with van der Waals surface area (Å²) in [6, 6.07) is 1.90. The molecule has 0 aromatic carbocycles. The third kappa shape index (κ3) is 1.93. The van der Waals surface area contributed by atoms with Gasteiger partial charge in [-0.15, -0.1) is 0 Å². The number of rotatable bonds is 2. The van der Waals surface area contributed by atoms with Crippen molar-refractivity contribution in [1.82, 2.24) is 14.5 Å². The van der Waals surface area contributed by atoms with E-state index in [1.807, 2.05) is 6.07 Å². The maximum atomic E-state index is 5.98. The fourth-order valence-corrected chi connectivity index (χ4v) is 4.45. The molecule has 19 heavy (non-hydrogen) atoms. The zero-order valence-corrected chi connectivity index (χ0v) is 12.2. The predicted octanol–water partition coefficient (Wildman–Crippen LogP) is 4.18. The smallest absolute Gasteiger partial charge is 0.179 e. The Kier molecular flexibility index (Phi) is 2.71. The van der Waals surface area contributed by atoms with Crippen LogP contribution in [0.1, 0.15) is 25.7 Å². The summed E-state index contributed by atoms with van der Waals surface area (Å²) in [4.78, 5) is 7.66. The van der Waals surface area contributed by atoms with Crippen molar-refractivity contribution in [2.75, 3.05) is 0 Å². The Bertz CT molecular complexity index is 690. The summed E-state index contributed by atoms with van der Waals surface area (Å²) < 4.78 is 2.93. The van der Waals surface area contributed by atoms with E-state index in [4.69, 9.17) is 23.8 Å². The number of aromatic amines is 1. The van der Waals surface area contributed by atoms with E-state index in [1.165, 1.54) is 25.7 Å². The molecule has 0 spiro atoms. The zero-order valence-electron chi connectivity index (χ0n) is 10.6. The van der Waals surface area contributed by atoms with E-state index in [1.54, 1.807) is 6.20 Å². The Balaban J connectivity index is 1.71. The SMILES string of the molecule is S=c1[nH]c2cc(Cl)cnc2n1CC1CC2CCC1C2. The molecule has 4 rings (SSSR count). The number of nitrogens with one attached hydrogen (secondary N) is 1. The highest BCUT2D eigenvalue weighted by Gasteiger charge is 2.39. The fourth-order valence-electron chi connectivity index (χ4n) is 4.02. The van der Waals surface area contributed by atoms with E-state index in [9.17, 15) is 0 Å². The minimum absolute atomic E-state index is 0.649. The minimum atomic E-state index is 0.649. The number of H-pyrrole nitrogens is 1. The van der Waals surface area contributed by atoms with E-state index >= 15 is 0 Å². The molecule has 2 aliphatic carbocycles. The van der Waals surface area contributed by atoms with Gasteiger partial charge in [-0.1, -0.05) is 18.0 Å². The van der Waals surface area contributed by atoms with Crippen molar-refractivity contribution >= 4 is 35.0 Å². The van der Waals surface area contributed by atoms with Gasteiger partial charge in [0.05, 0.1) is 10.5 Å². The van der Waals surface area contributed by atoms with Crippen molar-refractivity contribution < 1.29 is 0 Å². The molecule has 3 nitrogen and oxygen atoms in total. The maximum absolute atomic E-state index is 5.98. The van der Waals surface area contributed by atoms with Crippen LogP contribution in [0.4, 0.5) is 0 Å². The van der Waals surface area contributed by atoms with Gasteiger partial charge in [-0.2, -0.15) is 0 Å². The van der Waals surface area contributed by atoms with Crippen LogP contribution < -0.4 is 0 Å². The first-order valence-corrected chi connectivity index (χ1v) is 7.73. The number of imidazole rings is 1. The molecule has 2 aromatic heterocycles. The van der Waals surface area contributed by atoms with Gasteiger partial charge in [-0.25, -0.2) is 4.98 Å². The van der Waals surface area contributed by atoms with Crippen molar-refractivity contribution in [2.24, 2.45) is 17.8 Å². The van der Waals surface area contributed by atoms with Gasteiger partial charge in [0.25, 0.3) is 0 Å². The summed E-state index contributed by atoms with van der Waals surface area (Å²) in [6.07, 6.45) is 7.34. The van der Waals surface area contributed by atoms with Gasteiger partial charge in [0.2, 0.25) is 0 Å². The molecule has 3 unspecified atom stereocenters. The van der Waals surface area contributed by atoms with E-state index in [0.717, 1.165) is 40.2 Å². The van der Waals surface area contributed by atoms with Crippen molar-refractivity contribution in [3.8, 4) is 0 Å². The summed E-state index contributed by atoms with van der Waals surface area (Å²) in [5.41, 5.74) is 1.89. The molecule has 0 amide bonds. The van der Waals surface area contributed by atoms with E-state index in [-0.39, 0.29) is 0 Å². The van der Waals surface area contributed by atoms with Gasteiger partial charge in [0.1, 0.15) is 0 Å². The maximum Gasteiger partial charge on any atom is 0.179 e. The van der Waals surface area contributed by atoms with Crippen LogP contribution in [0.2, 0.25) is 5.02 Å². The summed E-state index contributed by atoms with van der Waals surface area (Å²) in [6.45, 7) is 1.01. The monoisotopic (exact) mass is 293 g/mol. The van der Waals surface area contributed by atoms with Crippen LogP contribution in [0.15, 0.2) is 12.3 Å². The normalized spacial score (nSPS) is 29.4. The minimum Gasteiger partial charge on any atom is -0.329 e. The van der Waals surface area contributed by atoms with Crippen LogP contribution in [-0.4, -0.2) is 14.5 Å². The highest BCUT2D eigenvalue weighted by Crippen LogP contribution is 2.49. The van der Waals surface area contributed by atoms with Gasteiger partial charge in [-0.05, 0) is 55.3 Å². The number of nitrogens with zero attached hydrogens (tertiary/aromatic N) is 2. The van der Waals surface area contributed by atoms with Crippen molar-refractivity contribution in [3.05, 3.63) is 22.1 Å². The molecule has 0 radical (unpaired) electrons. The molecule has 2 aliphatic rings. The van der Waals surface area contributed by atoms with Crippen molar-refractivity contribution in [3.63, 3.8) is 0 Å². The molecule has 0 saturated heterocycles. The van der Waals surface area contributed by atoms with Crippen LogP contribution in [-0.2, 0) is 6.54 Å². The molecule has 2 aromatic rings. The number of hydrogen-bond donors (Lipinski definition) is 1. The molecule has 2 fully saturated rings. The second-order valence-electron chi connectivity index (χ2n) is 6.00. The highest BCUT2D eigenvalue weighted by molar-refractivity contribution is 7.71. The summed E-state index contributed by atoms with van der Waals surface area (Å²) in [7, 11) is 0. The fraction of sp³-hybridized carbons (Fsp3) is 0.571. The Hall–Kier alpha value is -0.870. The average molecular weight is 294 g/mol. The van der Waals surface area contributed by atoms with Gasteiger partial charge in [-0.3, -0.25) is 0 Å². The van der Waals surface area contributed by atoms with E-state index < -0.39 is 0 Å². The van der Waals surface area contributed by atoms with Gasteiger partial charge < -0.3 is 9.55 Å². The standard InChI is InChI=1S/C14H16ClN3S/c15-11-5-12-13(16-6-11)18(14(19)17-12)7-10-4-8-1-2-9(10)3-8/h5-6,8-10H,1-4,7H2,(H,17,19). The van der Waals surface area contributed by atoms with Gasteiger partial charge >= 0.3 is 0 Å². The Morgan fingerprint density at radius 2 is 2.32 bits per heavy atom. The first kappa shape index (κ1) is 11.9. The molecule has 3 atom stereocenters. The molecule has 2 heterocycles. The lowest BCUT2D eigenvalue weighted by Gasteiger charge is -2.22. The second kappa shape index (κ2) is 4.32. The molecule has 5 heteroatoms. The van der Waals surface area contributed by atoms with Gasteiger partial charge in [0.15, 0.2) is 10.4 Å². The third-order valence-corrected chi connectivity index (χ3v) is 5.41. The predicted molar refractivity (Wildman–Crippen MR) is 78.9 cm³/mol. The molecule has 2 saturated carbocycles. The van der Waals surface area contributed by atoms with E-state index in [2.05, 4.69) is 14.5 Å². The Labute approximate surface area is 122 Å². The first-order valence-electron chi connectivity index (χ1n) is 6.95. The molecular weight excluding hydrogens is 278 g/mol. The van der Waals surface area contributed by atoms with Crippen LogP contribution in [0.5, 0.6) is 0 Å². The molecular formula is C14H16ClN3S. The zero-order chi connectivity index (χ0) is 13.0. The lowest BCUT2D eigenvalue weighted by atomic mass is 9.89. The second-order valence-corrected chi connectivity index (χ2v) is 6.82. The van der Waals surface area contributed by atoms with Crippen LogP contribution >= 0.6 is 23.8 Å². The Morgan fingerprint density at radius 1 is 1.42 bits per heavy atom. The summed E-state index contributed by atoms with van der Waals surface area (Å²) >= 11 is 11.4. The lowest BCUT2D eigenvalue weighted by Crippen LogP contribution is -2.17. The molecule has 100 valence electrons. The van der Waals surface area contributed by atoms with Crippen molar-refractivity contribution in [2.45, 2.75) is 32.2 Å². The largest absolute Gasteiger partial charge is 0.329 e. The first-order chi connectivity index (χ1) is 9.20. The third-order valence-electron chi connectivity index (χ3n) is 4.88. The number of aromatic nitrogens is 3. The van der Waals surface area contributed by atoms with Gasteiger partial charge in [0, 0.05) is 12.7 Å². The molecule has 0 aliphatic heterocycles. The summed E-state index contributed by atoms with van der Waals surface area (Å²) in [5.74, 6) is 2.66. The van der Waals surface area contributed by atoms with Crippen LogP contribution in [0.25, 0.3) is 11.2 Å².